The second-order valence-electron chi connectivity index (χ2n) is 6.36. The van der Waals surface area contributed by atoms with Crippen LogP contribution in [0.15, 0.2) is 0 Å². The zero-order valence-electron chi connectivity index (χ0n) is 13.9. The number of hydrogen-bond donors (Lipinski definition) is 0. The van der Waals surface area contributed by atoms with Crippen molar-refractivity contribution >= 4 is 17.7 Å². The summed E-state index contributed by atoms with van der Waals surface area (Å²) in [4.78, 5) is 0. The van der Waals surface area contributed by atoms with Gasteiger partial charge in [-0.1, -0.05) is 0 Å². The highest BCUT2D eigenvalue weighted by atomic mass is 32.2. The lowest BCUT2D eigenvalue weighted by atomic mass is 10.1. The minimum Gasteiger partial charge on any atom is -0.368 e. The molecule has 0 atom stereocenters. The molecule has 0 saturated heterocycles. The number of hydrogen-bond acceptors (Lipinski definition) is 7. The van der Waals surface area contributed by atoms with Crippen LogP contribution in [0, 0.1) is 5.41 Å². The van der Waals surface area contributed by atoms with E-state index in [9.17, 15) is 13.0 Å². The number of ether oxygens (including phenoxy) is 1. The highest BCUT2D eigenvalue weighted by Gasteiger charge is 2.45. The standard InChI is InChI=1S/C13H27O7PS/c1-11(2)19-21(14,20-12(3)4)10-17-8-13(6-7-13)9-18-22(5,15)16/h11-12H,6-10H2,1-5H3. The molecule has 1 fully saturated rings. The Kier molecular flexibility index (Phi) is 7.05. The summed E-state index contributed by atoms with van der Waals surface area (Å²) in [6, 6.07) is 0. The molecule has 132 valence electrons. The predicted octanol–water partition coefficient (Wildman–Crippen LogP) is 2.76. The van der Waals surface area contributed by atoms with Crippen LogP contribution in [0.2, 0.25) is 0 Å². The highest BCUT2D eigenvalue weighted by molar-refractivity contribution is 7.85. The molecule has 22 heavy (non-hydrogen) atoms. The summed E-state index contributed by atoms with van der Waals surface area (Å²) in [5.41, 5.74) is -0.302. The van der Waals surface area contributed by atoms with Gasteiger partial charge in [-0.15, -0.1) is 0 Å². The van der Waals surface area contributed by atoms with Crippen molar-refractivity contribution in [3.63, 3.8) is 0 Å². The van der Waals surface area contributed by atoms with Crippen molar-refractivity contribution in [1.29, 1.82) is 0 Å². The summed E-state index contributed by atoms with van der Waals surface area (Å²) in [6.45, 7) is 7.47. The Morgan fingerprint density at radius 1 is 1.05 bits per heavy atom. The molecule has 0 aromatic carbocycles. The smallest absolute Gasteiger partial charge is 0.356 e. The van der Waals surface area contributed by atoms with Crippen molar-refractivity contribution in [2.45, 2.75) is 52.7 Å². The molecule has 1 aliphatic carbocycles. The van der Waals surface area contributed by atoms with E-state index >= 15 is 0 Å². The van der Waals surface area contributed by atoms with Crippen molar-refractivity contribution < 1.29 is 31.0 Å². The normalized spacial score (nSPS) is 18.1. The Labute approximate surface area is 133 Å². The van der Waals surface area contributed by atoms with Gasteiger partial charge in [0.2, 0.25) is 0 Å². The molecule has 0 unspecified atom stereocenters. The molecular weight excluding hydrogens is 331 g/mol. The third kappa shape index (κ3) is 8.04. The van der Waals surface area contributed by atoms with E-state index in [1.807, 2.05) is 0 Å². The van der Waals surface area contributed by atoms with E-state index in [2.05, 4.69) is 0 Å². The summed E-state index contributed by atoms with van der Waals surface area (Å²) in [6.07, 6.45) is 2.04. The monoisotopic (exact) mass is 358 g/mol. The number of rotatable bonds is 11. The van der Waals surface area contributed by atoms with Crippen molar-refractivity contribution in [1.82, 2.24) is 0 Å². The van der Waals surface area contributed by atoms with Gasteiger partial charge in [0.15, 0.2) is 0 Å². The van der Waals surface area contributed by atoms with E-state index in [0.717, 1.165) is 19.1 Å². The first-order valence-corrected chi connectivity index (χ1v) is 10.9. The van der Waals surface area contributed by atoms with Crippen LogP contribution in [-0.2, 0) is 32.7 Å². The highest BCUT2D eigenvalue weighted by Crippen LogP contribution is 2.52. The third-order valence-corrected chi connectivity index (χ3v) is 5.47. The molecule has 0 radical (unpaired) electrons. The van der Waals surface area contributed by atoms with Crippen LogP contribution in [0.25, 0.3) is 0 Å². The molecule has 0 aromatic rings. The van der Waals surface area contributed by atoms with Crippen molar-refractivity contribution in [3.8, 4) is 0 Å². The summed E-state index contributed by atoms with van der Waals surface area (Å²) in [5, 5.41) is 0. The zero-order chi connectivity index (χ0) is 17.0. The molecular formula is C13H27O7PS. The lowest BCUT2D eigenvalue weighted by Gasteiger charge is -2.23. The maximum Gasteiger partial charge on any atom is 0.356 e. The Bertz CT molecular complexity index is 483. The first-order valence-electron chi connectivity index (χ1n) is 7.33. The lowest BCUT2D eigenvalue weighted by molar-refractivity contribution is 0.0652. The van der Waals surface area contributed by atoms with Gasteiger partial charge in [-0.05, 0) is 40.5 Å². The molecule has 1 rings (SSSR count). The van der Waals surface area contributed by atoms with Gasteiger partial charge in [0, 0.05) is 5.41 Å². The summed E-state index contributed by atoms with van der Waals surface area (Å²) >= 11 is 0. The van der Waals surface area contributed by atoms with Crippen LogP contribution < -0.4 is 0 Å². The molecule has 7 nitrogen and oxygen atoms in total. The molecule has 1 saturated carbocycles. The topological polar surface area (TPSA) is 88.1 Å². The summed E-state index contributed by atoms with van der Waals surface area (Å²) < 4.78 is 55.7. The third-order valence-electron chi connectivity index (χ3n) is 2.94. The SMILES string of the molecule is CC(C)OP(=O)(COCC1(COS(C)(=O)=O)CC1)OC(C)C. The van der Waals surface area contributed by atoms with Gasteiger partial charge in [0.25, 0.3) is 10.1 Å². The Balaban J connectivity index is 2.47. The van der Waals surface area contributed by atoms with Crippen LogP contribution in [0.4, 0.5) is 0 Å². The van der Waals surface area contributed by atoms with Gasteiger partial charge in [-0.3, -0.25) is 8.75 Å². The molecule has 0 aromatic heterocycles. The van der Waals surface area contributed by atoms with Crippen LogP contribution in [-0.4, -0.2) is 46.4 Å². The molecule has 0 bridgehead atoms. The van der Waals surface area contributed by atoms with E-state index in [0.29, 0.717) is 0 Å². The van der Waals surface area contributed by atoms with Crippen LogP contribution in [0.1, 0.15) is 40.5 Å². The van der Waals surface area contributed by atoms with Gasteiger partial charge >= 0.3 is 7.60 Å². The minimum atomic E-state index is -3.46. The van der Waals surface area contributed by atoms with E-state index in [1.54, 1.807) is 27.7 Å². The van der Waals surface area contributed by atoms with E-state index in [1.165, 1.54) is 0 Å². The zero-order valence-corrected chi connectivity index (χ0v) is 15.6. The molecule has 0 amide bonds. The average molecular weight is 358 g/mol. The molecule has 0 aliphatic heterocycles. The minimum absolute atomic E-state index is 0.0895. The van der Waals surface area contributed by atoms with Gasteiger partial charge in [-0.2, -0.15) is 8.42 Å². The quantitative estimate of drug-likeness (QED) is 0.414. The first kappa shape index (κ1) is 20.1. The second kappa shape index (κ2) is 7.73. The summed E-state index contributed by atoms with van der Waals surface area (Å²) in [7, 11) is -6.78. The van der Waals surface area contributed by atoms with Crippen molar-refractivity contribution in [3.05, 3.63) is 0 Å². The molecule has 0 spiro atoms. The van der Waals surface area contributed by atoms with E-state index in [-0.39, 0.29) is 37.2 Å². The fourth-order valence-electron chi connectivity index (χ4n) is 1.84. The van der Waals surface area contributed by atoms with Gasteiger partial charge < -0.3 is 13.8 Å². The summed E-state index contributed by atoms with van der Waals surface area (Å²) in [5.74, 6) is 0. The molecule has 0 N–H and O–H groups in total. The average Bonchev–Trinajstić information content (AvgIpc) is 3.03. The molecule has 1 aliphatic rings. The fourth-order valence-corrected chi connectivity index (χ4v) is 4.08. The Hall–Kier alpha value is 0.0200. The van der Waals surface area contributed by atoms with E-state index < -0.39 is 17.7 Å². The van der Waals surface area contributed by atoms with Crippen LogP contribution in [0.3, 0.4) is 0 Å². The van der Waals surface area contributed by atoms with Crippen molar-refractivity contribution in [2.24, 2.45) is 5.41 Å². The fraction of sp³-hybridized carbons (Fsp3) is 1.00. The first-order chi connectivity index (χ1) is 9.95. The van der Waals surface area contributed by atoms with E-state index in [4.69, 9.17) is 18.0 Å². The maximum atomic E-state index is 12.6. The molecule has 9 heteroatoms. The predicted molar refractivity (Wildman–Crippen MR) is 83.3 cm³/mol. The Morgan fingerprint density at radius 2 is 1.55 bits per heavy atom. The largest absolute Gasteiger partial charge is 0.368 e. The Morgan fingerprint density at radius 3 is 1.91 bits per heavy atom. The van der Waals surface area contributed by atoms with Crippen molar-refractivity contribution in [2.75, 3.05) is 25.8 Å². The maximum absolute atomic E-state index is 12.6. The van der Waals surface area contributed by atoms with Crippen LogP contribution >= 0.6 is 7.60 Å². The van der Waals surface area contributed by atoms with Gasteiger partial charge in [0.1, 0.15) is 6.35 Å². The lowest BCUT2D eigenvalue weighted by Crippen LogP contribution is -2.21. The van der Waals surface area contributed by atoms with Gasteiger partial charge in [-0.25, -0.2) is 0 Å². The molecule has 0 heterocycles. The van der Waals surface area contributed by atoms with Gasteiger partial charge in [0.05, 0.1) is 31.7 Å². The second-order valence-corrected chi connectivity index (χ2v) is 9.91. The van der Waals surface area contributed by atoms with Crippen LogP contribution in [0.5, 0.6) is 0 Å².